The number of anilines is 1. The summed E-state index contributed by atoms with van der Waals surface area (Å²) in [5.41, 5.74) is 0.224. The summed E-state index contributed by atoms with van der Waals surface area (Å²) in [7, 11) is 3.36. The number of benzene rings is 1. The van der Waals surface area contributed by atoms with Gasteiger partial charge in [-0.15, -0.1) is 0 Å². The van der Waals surface area contributed by atoms with Crippen molar-refractivity contribution in [2.24, 2.45) is 7.05 Å². The Balaban J connectivity index is 1.84. The number of hydrogen-bond acceptors (Lipinski definition) is 6. The van der Waals surface area contributed by atoms with Crippen molar-refractivity contribution in [1.82, 2.24) is 9.55 Å². The van der Waals surface area contributed by atoms with Crippen molar-refractivity contribution in [3.63, 3.8) is 0 Å². The summed E-state index contributed by atoms with van der Waals surface area (Å²) in [5.74, 6) is -0.114. The summed E-state index contributed by atoms with van der Waals surface area (Å²) in [6, 6.07) is 4.43. The molecule has 1 fully saturated rings. The summed E-state index contributed by atoms with van der Waals surface area (Å²) in [5, 5.41) is 14.5. The van der Waals surface area contributed by atoms with Crippen LogP contribution in [0.2, 0.25) is 0 Å². The Kier molecular flexibility index (Phi) is 4.54. The van der Waals surface area contributed by atoms with Gasteiger partial charge in [-0.3, -0.25) is 14.9 Å². The number of aromatic nitrogens is 2. The number of nitrogens with one attached hydrogen (secondary N) is 1. The lowest BCUT2D eigenvalue weighted by molar-refractivity contribution is -0.384. The number of nitro benzene ring substituents is 1. The molecule has 0 unspecified atom stereocenters. The van der Waals surface area contributed by atoms with Gasteiger partial charge in [0.25, 0.3) is 5.69 Å². The van der Waals surface area contributed by atoms with E-state index >= 15 is 0 Å². The minimum atomic E-state index is -0.488. The van der Waals surface area contributed by atoms with E-state index in [0.717, 1.165) is 19.3 Å². The Labute approximate surface area is 145 Å². The SMILES string of the molecule is COC1(CNc2ccc(C(=O)c3nccn3C)cc2[N+](=O)[O-])CCC1. The lowest BCUT2D eigenvalue weighted by atomic mass is 9.80. The highest BCUT2D eigenvalue weighted by molar-refractivity contribution is 6.07. The lowest BCUT2D eigenvalue weighted by Gasteiger charge is -2.40. The highest BCUT2D eigenvalue weighted by atomic mass is 16.6. The third-order valence-electron chi connectivity index (χ3n) is 4.78. The first-order valence-corrected chi connectivity index (χ1v) is 8.05. The first-order valence-electron chi connectivity index (χ1n) is 8.05. The molecule has 1 aliphatic rings. The number of rotatable bonds is 7. The number of aryl methyl sites for hydroxylation is 1. The van der Waals surface area contributed by atoms with Gasteiger partial charge < -0.3 is 14.6 Å². The normalized spacial score (nSPS) is 15.4. The molecule has 0 saturated heterocycles. The zero-order chi connectivity index (χ0) is 18.0. The number of imidazole rings is 1. The molecule has 8 nitrogen and oxygen atoms in total. The maximum absolute atomic E-state index is 12.5. The van der Waals surface area contributed by atoms with E-state index in [9.17, 15) is 14.9 Å². The molecule has 0 bridgehead atoms. The van der Waals surface area contributed by atoms with E-state index in [-0.39, 0.29) is 28.5 Å². The van der Waals surface area contributed by atoms with Crippen molar-refractivity contribution in [1.29, 1.82) is 0 Å². The van der Waals surface area contributed by atoms with E-state index in [0.29, 0.717) is 12.2 Å². The molecule has 3 rings (SSSR count). The maximum atomic E-state index is 12.5. The number of ketones is 1. The first-order chi connectivity index (χ1) is 12.0. The Morgan fingerprint density at radius 1 is 1.48 bits per heavy atom. The summed E-state index contributed by atoms with van der Waals surface area (Å²) >= 11 is 0. The number of carbonyl (C=O) groups is 1. The van der Waals surface area contributed by atoms with Crippen LogP contribution in [0.15, 0.2) is 30.6 Å². The van der Waals surface area contributed by atoms with Gasteiger partial charge in [0.2, 0.25) is 5.78 Å². The predicted molar refractivity (Wildman–Crippen MR) is 91.8 cm³/mol. The van der Waals surface area contributed by atoms with Gasteiger partial charge in [-0.2, -0.15) is 0 Å². The molecular formula is C17H20N4O4. The van der Waals surface area contributed by atoms with Gasteiger partial charge in [-0.05, 0) is 31.4 Å². The van der Waals surface area contributed by atoms with Crippen LogP contribution in [0.1, 0.15) is 35.4 Å². The summed E-state index contributed by atoms with van der Waals surface area (Å²) in [6.07, 6.45) is 6.12. The van der Waals surface area contributed by atoms with E-state index in [4.69, 9.17) is 4.74 Å². The van der Waals surface area contributed by atoms with E-state index in [2.05, 4.69) is 10.3 Å². The average Bonchev–Trinajstić information content (AvgIpc) is 2.99. The first kappa shape index (κ1) is 17.1. The number of nitro groups is 1. The van der Waals surface area contributed by atoms with Crippen molar-refractivity contribution < 1.29 is 14.5 Å². The molecule has 8 heteroatoms. The molecule has 1 heterocycles. The van der Waals surface area contributed by atoms with E-state index in [1.807, 2.05) is 0 Å². The second kappa shape index (κ2) is 6.64. The van der Waals surface area contributed by atoms with E-state index < -0.39 is 4.92 Å². The number of nitrogens with zero attached hydrogens (tertiary/aromatic N) is 3. The van der Waals surface area contributed by atoms with E-state index in [1.165, 1.54) is 12.3 Å². The summed E-state index contributed by atoms with van der Waals surface area (Å²) in [6.45, 7) is 0.497. The van der Waals surface area contributed by atoms with Crippen LogP contribution in [0.3, 0.4) is 0 Å². The van der Waals surface area contributed by atoms with Gasteiger partial charge in [0.15, 0.2) is 5.82 Å². The molecule has 2 aromatic rings. The quantitative estimate of drug-likeness (QED) is 0.471. The van der Waals surface area contributed by atoms with Crippen molar-refractivity contribution in [2.75, 3.05) is 19.0 Å². The molecule has 132 valence electrons. The maximum Gasteiger partial charge on any atom is 0.293 e. The minimum Gasteiger partial charge on any atom is -0.377 e. The fourth-order valence-corrected chi connectivity index (χ4v) is 2.97. The number of methoxy groups -OCH3 is 1. The Morgan fingerprint density at radius 2 is 2.24 bits per heavy atom. The zero-order valence-electron chi connectivity index (χ0n) is 14.2. The van der Waals surface area contributed by atoms with Crippen LogP contribution >= 0.6 is 0 Å². The Hall–Kier alpha value is -2.74. The van der Waals surface area contributed by atoms with Crippen molar-refractivity contribution in [3.05, 3.63) is 52.1 Å². The molecule has 1 aromatic heterocycles. The van der Waals surface area contributed by atoms with Crippen molar-refractivity contribution in [2.45, 2.75) is 24.9 Å². The van der Waals surface area contributed by atoms with Crippen molar-refractivity contribution in [3.8, 4) is 0 Å². The third-order valence-corrected chi connectivity index (χ3v) is 4.78. The monoisotopic (exact) mass is 344 g/mol. The minimum absolute atomic E-state index is 0.134. The second-order valence-electron chi connectivity index (χ2n) is 6.27. The van der Waals surface area contributed by atoms with Gasteiger partial charge in [0.05, 0.1) is 10.5 Å². The van der Waals surface area contributed by atoms with Crippen LogP contribution in [0.25, 0.3) is 0 Å². The molecule has 25 heavy (non-hydrogen) atoms. The van der Waals surface area contributed by atoms with Gasteiger partial charge in [0, 0.05) is 44.7 Å². The number of ether oxygens (including phenoxy) is 1. The molecule has 1 saturated carbocycles. The summed E-state index contributed by atoms with van der Waals surface area (Å²) < 4.78 is 7.11. The van der Waals surface area contributed by atoms with Crippen LogP contribution in [-0.2, 0) is 11.8 Å². The molecule has 0 spiro atoms. The van der Waals surface area contributed by atoms with Gasteiger partial charge >= 0.3 is 0 Å². The predicted octanol–water partition coefficient (Wildman–Crippen LogP) is 2.54. The molecule has 1 aromatic carbocycles. The van der Waals surface area contributed by atoms with Gasteiger partial charge in [-0.1, -0.05) is 0 Å². The largest absolute Gasteiger partial charge is 0.377 e. The molecule has 0 amide bonds. The zero-order valence-corrected chi connectivity index (χ0v) is 14.2. The van der Waals surface area contributed by atoms with Crippen LogP contribution < -0.4 is 5.32 Å². The highest BCUT2D eigenvalue weighted by Crippen LogP contribution is 2.36. The highest BCUT2D eigenvalue weighted by Gasteiger charge is 2.37. The fourth-order valence-electron chi connectivity index (χ4n) is 2.97. The standard InChI is InChI=1S/C17H20N4O4/c1-20-9-8-18-16(20)15(22)12-4-5-13(14(10-12)21(23)24)19-11-17(25-2)6-3-7-17/h4-5,8-10,19H,3,6-7,11H2,1-2H3. The Morgan fingerprint density at radius 3 is 2.76 bits per heavy atom. The molecule has 0 aliphatic heterocycles. The lowest BCUT2D eigenvalue weighted by Crippen LogP contribution is -2.45. The second-order valence-corrected chi connectivity index (χ2v) is 6.27. The van der Waals surface area contributed by atoms with Gasteiger partial charge in [-0.25, -0.2) is 4.98 Å². The van der Waals surface area contributed by atoms with Crippen LogP contribution in [0, 0.1) is 10.1 Å². The number of hydrogen-bond donors (Lipinski definition) is 1. The van der Waals surface area contributed by atoms with Crippen molar-refractivity contribution >= 4 is 17.2 Å². The molecule has 0 atom stereocenters. The Bertz CT molecular complexity index is 805. The fraction of sp³-hybridized carbons (Fsp3) is 0.412. The van der Waals surface area contributed by atoms with E-state index in [1.54, 1.807) is 37.1 Å². The molecular weight excluding hydrogens is 324 g/mol. The van der Waals surface area contributed by atoms with Crippen LogP contribution in [0.4, 0.5) is 11.4 Å². The average molecular weight is 344 g/mol. The molecule has 1 aliphatic carbocycles. The topological polar surface area (TPSA) is 99.3 Å². The van der Waals surface area contributed by atoms with Gasteiger partial charge in [0.1, 0.15) is 5.69 Å². The third kappa shape index (κ3) is 3.25. The van der Waals surface area contributed by atoms with Crippen LogP contribution in [-0.4, -0.2) is 39.5 Å². The molecule has 0 radical (unpaired) electrons. The number of carbonyl (C=O) groups excluding carboxylic acids is 1. The molecule has 1 N–H and O–H groups in total. The smallest absolute Gasteiger partial charge is 0.293 e. The summed E-state index contributed by atoms with van der Waals surface area (Å²) in [4.78, 5) is 27.4. The van der Waals surface area contributed by atoms with Crippen LogP contribution in [0.5, 0.6) is 0 Å².